The van der Waals surface area contributed by atoms with Gasteiger partial charge in [0.25, 0.3) is 0 Å². The molecule has 0 atom stereocenters. The van der Waals surface area contributed by atoms with Crippen molar-refractivity contribution in [2.45, 2.75) is 72.1 Å². The van der Waals surface area contributed by atoms with Gasteiger partial charge in [-0.25, -0.2) is 0 Å². The summed E-state index contributed by atoms with van der Waals surface area (Å²) in [6, 6.07) is 0. The molecular weight excluding hydrogens is 194 g/mol. The molecule has 96 valence electrons. The Morgan fingerprint density at radius 1 is 1.25 bits per heavy atom. The first-order chi connectivity index (χ1) is 7.62. The van der Waals surface area contributed by atoms with Crippen LogP contribution in [0, 0.1) is 17.3 Å². The molecule has 0 unspecified atom stereocenters. The molecule has 0 amide bonds. The Morgan fingerprint density at radius 2 is 1.88 bits per heavy atom. The Balaban J connectivity index is 2.34. The van der Waals surface area contributed by atoms with Crippen LogP contribution in [0.3, 0.4) is 0 Å². The predicted molar refractivity (Wildman–Crippen MR) is 72.4 cm³/mol. The zero-order chi connectivity index (χ0) is 12.0. The van der Waals surface area contributed by atoms with Crippen LogP contribution < -0.4 is 5.73 Å². The van der Waals surface area contributed by atoms with Crippen LogP contribution >= 0.6 is 0 Å². The molecule has 0 saturated heterocycles. The van der Waals surface area contributed by atoms with Crippen LogP contribution in [-0.4, -0.2) is 6.54 Å². The molecule has 1 fully saturated rings. The average Bonchev–Trinajstić information content (AvgIpc) is 2.29. The minimum Gasteiger partial charge on any atom is -0.330 e. The maximum atomic E-state index is 6.04. The molecule has 0 spiro atoms. The van der Waals surface area contributed by atoms with Gasteiger partial charge in [0.05, 0.1) is 0 Å². The van der Waals surface area contributed by atoms with Gasteiger partial charge in [-0.2, -0.15) is 0 Å². The third-order valence-corrected chi connectivity index (χ3v) is 4.66. The summed E-state index contributed by atoms with van der Waals surface area (Å²) in [6.45, 7) is 7.90. The summed E-state index contributed by atoms with van der Waals surface area (Å²) in [5.41, 5.74) is 6.56. The minimum absolute atomic E-state index is 0.514. The smallest absolute Gasteiger partial charge is 0.00205 e. The van der Waals surface area contributed by atoms with Crippen molar-refractivity contribution in [2.24, 2.45) is 23.0 Å². The van der Waals surface area contributed by atoms with Crippen LogP contribution in [0.25, 0.3) is 0 Å². The molecule has 0 radical (unpaired) electrons. The average molecular weight is 225 g/mol. The van der Waals surface area contributed by atoms with Crippen molar-refractivity contribution in [1.82, 2.24) is 0 Å². The van der Waals surface area contributed by atoms with Gasteiger partial charge in [0.15, 0.2) is 0 Å². The summed E-state index contributed by atoms with van der Waals surface area (Å²) in [6.07, 6.45) is 11.1. The Morgan fingerprint density at radius 3 is 2.31 bits per heavy atom. The summed E-state index contributed by atoms with van der Waals surface area (Å²) >= 11 is 0. The maximum absolute atomic E-state index is 6.04. The van der Waals surface area contributed by atoms with Gasteiger partial charge in [-0.05, 0) is 55.9 Å². The van der Waals surface area contributed by atoms with Crippen molar-refractivity contribution in [3.05, 3.63) is 0 Å². The molecule has 1 aliphatic carbocycles. The van der Waals surface area contributed by atoms with E-state index in [-0.39, 0.29) is 0 Å². The van der Waals surface area contributed by atoms with E-state index >= 15 is 0 Å². The fourth-order valence-electron chi connectivity index (χ4n) is 3.14. The molecule has 0 aliphatic heterocycles. The van der Waals surface area contributed by atoms with E-state index in [1.54, 1.807) is 0 Å². The largest absolute Gasteiger partial charge is 0.330 e. The Labute approximate surface area is 102 Å². The molecule has 0 aromatic rings. The zero-order valence-corrected chi connectivity index (χ0v) is 11.6. The van der Waals surface area contributed by atoms with Crippen molar-refractivity contribution in [3.63, 3.8) is 0 Å². The zero-order valence-electron chi connectivity index (χ0n) is 11.6. The molecule has 1 saturated carbocycles. The molecule has 0 heterocycles. The normalized spacial score (nSPS) is 30.9. The van der Waals surface area contributed by atoms with Crippen LogP contribution in [0.15, 0.2) is 0 Å². The van der Waals surface area contributed by atoms with Crippen LogP contribution in [0.5, 0.6) is 0 Å². The highest BCUT2D eigenvalue weighted by molar-refractivity contribution is 4.86. The number of nitrogens with two attached hydrogens (primary N) is 1. The van der Waals surface area contributed by atoms with E-state index in [2.05, 4.69) is 20.8 Å². The SMILES string of the molecule is CCC1CCC(CN)(CCCC(C)C)CC1. The second kappa shape index (κ2) is 6.64. The first kappa shape index (κ1) is 14.0. The molecule has 0 bridgehead atoms. The molecular formula is C15H31N. The van der Waals surface area contributed by atoms with Gasteiger partial charge >= 0.3 is 0 Å². The number of rotatable bonds is 6. The van der Waals surface area contributed by atoms with E-state index in [1.807, 2.05) is 0 Å². The summed E-state index contributed by atoms with van der Waals surface area (Å²) < 4.78 is 0. The Bertz CT molecular complexity index is 178. The molecule has 0 aromatic carbocycles. The number of hydrogen-bond acceptors (Lipinski definition) is 1. The lowest BCUT2D eigenvalue weighted by molar-refractivity contribution is 0.137. The Kier molecular flexibility index (Phi) is 5.82. The standard InChI is InChI=1S/C15H31N/c1-4-14-7-10-15(12-16,11-8-14)9-5-6-13(2)3/h13-14H,4-12,16H2,1-3H3. The van der Waals surface area contributed by atoms with E-state index in [4.69, 9.17) is 5.73 Å². The van der Waals surface area contributed by atoms with Gasteiger partial charge in [0.2, 0.25) is 0 Å². The van der Waals surface area contributed by atoms with E-state index < -0.39 is 0 Å². The summed E-state index contributed by atoms with van der Waals surface area (Å²) in [5, 5.41) is 0. The van der Waals surface area contributed by atoms with Gasteiger partial charge < -0.3 is 5.73 Å². The maximum Gasteiger partial charge on any atom is -0.00205 e. The molecule has 0 aromatic heterocycles. The first-order valence-corrected chi connectivity index (χ1v) is 7.32. The predicted octanol–water partition coefficient (Wildman–Crippen LogP) is 4.36. The Hall–Kier alpha value is -0.0400. The molecule has 1 nitrogen and oxygen atoms in total. The molecule has 16 heavy (non-hydrogen) atoms. The highest BCUT2D eigenvalue weighted by Crippen LogP contribution is 2.42. The van der Waals surface area contributed by atoms with Gasteiger partial charge in [-0.3, -0.25) is 0 Å². The van der Waals surface area contributed by atoms with E-state index in [0.29, 0.717) is 5.41 Å². The topological polar surface area (TPSA) is 26.0 Å². The van der Waals surface area contributed by atoms with Crippen LogP contribution in [0.4, 0.5) is 0 Å². The quantitative estimate of drug-likeness (QED) is 0.714. The van der Waals surface area contributed by atoms with Gasteiger partial charge in [0.1, 0.15) is 0 Å². The lowest BCUT2D eigenvalue weighted by atomic mass is 9.67. The van der Waals surface area contributed by atoms with Crippen molar-refractivity contribution in [2.75, 3.05) is 6.54 Å². The molecule has 1 rings (SSSR count). The van der Waals surface area contributed by atoms with Gasteiger partial charge in [0, 0.05) is 0 Å². The summed E-state index contributed by atoms with van der Waals surface area (Å²) in [4.78, 5) is 0. The fraction of sp³-hybridized carbons (Fsp3) is 1.00. The van der Waals surface area contributed by atoms with E-state index in [9.17, 15) is 0 Å². The third kappa shape index (κ3) is 4.08. The number of hydrogen-bond donors (Lipinski definition) is 1. The highest BCUT2D eigenvalue weighted by Gasteiger charge is 2.32. The molecule has 2 N–H and O–H groups in total. The van der Waals surface area contributed by atoms with Crippen LogP contribution in [-0.2, 0) is 0 Å². The minimum atomic E-state index is 0.514. The van der Waals surface area contributed by atoms with Crippen molar-refractivity contribution < 1.29 is 0 Å². The monoisotopic (exact) mass is 225 g/mol. The van der Waals surface area contributed by atoms with Crippen LogP contribution in [0.1, 0.15) is 72.1 Å². The summed E-state index contributed by atoms with van der Waals surface area (Å²) in [5.74, 6) is 1.84. The highest BCUT2D eigenvalue weighted by atomic mass is 14.6. The lowest BCUT2D eigenvalue weighted by Gasteiger charge is -2.39. The van der Waals surface area contributed by atoms with Gasteiger partial charge in [-0.15, -0.1) is 0 Å². The van der Waals surface area contributed by atoms with Crippen molar-refractivity contribution in [3.8, 4) is 0 Å². The van der Waals surface area contributed by atoms with Crippen molar-refractivity contribution in [1.29, 1.82) is 0 Å². The van der Waals surface area contributed by atoms with Crippen LogP contribution in [0.2, 0.25) is 0 Å². The van der Waals surface area contributed by atoms with Crippen molar-refractivity contribution >= 4 is 0 Å². The second-order valence-electron chi connectivity index (χ2n) is 6.34. The third-order valence-electron chi connectivity index (χ3n) is 4.66. The molecule has 1 aliphatic rings. The second-order valence-corrected chi connectivity index (χ2v) is 6.34. The first-order valence-electron chi connectivity index (χ1n) is 7.32. The summed E-state index contributed by atoms with van der Waals surface area (Å²) in [7, 11) is 0. The fourth-order valence-corrected chi connectivity index (χ4v) is 3.14. The van der Waals surface area contributed by atoms with Gasteiger partial charge in [-0.1, -0.05) is 40.0 Å². The lowest BCUT2D eigenvalue weighted by Crippen LogP contribution is -2.34. The van der Waals surface area contributed by atoms with E-state index in [0.717, 1.165) is 18.4 Å². The molecule has 1 heteroatoms. The van der Waals surface area contributed by atoms with E-state index in [1.165, 1.54) is 51.4 Å².